The molecule has 3 aromatic rings. The van der Waals surface area contributed by atoms with E-state index in [-0.39, 0.29) is 5.56 Å². The van der Waals surface area contributed by atoms with Gasteiger partial charge in [-0.05, 0) is 24.3 Å². The van der Waals surface area contributed by atoms with Crippen molar-refractivity contribution >= 4 is 22.6 Å². The van der Waals surface area contributed by atoms with Crippen molar-refractivity contribution in [3.63, 3.8) is 0 Å². The molecule has 3 rings (SSSR count). The molecule has 0 radical (unpaired) electrons. The maximum absolute atomic E-state index is 13.8. The fourth-order valence-electron chi connectivity index (χ4n) is 1.79. The highest BCUT2D eigenvalue weighted by Crippen LogP contribution is 2.34. The van der Waals surface area contributed by atoms with E-state index in [4.69, 9.17) is 16.1 Å². The number of aromatic nitrogens is 1. The Hall–Kier alpha value is -1.87. The maximum Gasteiger partial charge on any atom is 0.167 e. The Morgan fingerprint density at radius 2 is 1.88 bits per heavy atom. The van der Waals surface area contributed by atoms with Crippen LogP contribution in [-0.4, -0.2) is 5.16 Å². The normalized spacial score (nSPS) is 10.9. The zero-order chi connectivity index (χ0) is 11.8. The molecule has 0 fully saturated rings. The van der Waals surface area contributed by atoms with Gasteiger partial charge < -0.3 is 4.52 Å². The molecule has 0 aliphatic heterocycles. The van der Waals surface area contributed by atoms with Gasteiger partial charge in [0.2, 0.25) is 0 Å². The molecule has 0 aliphatic carbocycles. The lowest BCUT2D eigenvalue weighted by Crippen LogP contribution is -1.86. The summed E-state index contributed by atoms with van der Waals surface area (Å²) in [5, 5.41) is 4.96. The fourth-order valence-corrected chi connectivity index (χ4v) is 2.04. The van der Waals surface area contributed by atoms with Crippen LogP contribution >= 0.6 is 11.6 Å². The molecule has 1 aromatic heterocycles. The molecule has 0 saturated carbocycles. The van der Waals surface area contributed by atoms with Crippen molar-refractivity contribution in [1.82, 2.24) is 5.16 Å². The van der Waals surface area contributed by atoms with Crippen LogP contribution < -0.4 is 0 Å². The van der Waals surface area contributed by atoms with Crippen LogP contribution in [0.25, 0.3) is 22.2 Å². The highest BCUT2D eigenvalue weighted by atomic mass is 35.5. The number of benzene rings is 2. The fraction of sp³-hybridized carbons (Fsp3) is 0. The second-order valence-electron chi connectivity index (χ2n) is 3.62. The van der Waals surface area contributed by atoms with Crippen molar-refractivity contribution in [3.8, 4) is 11.3 Å². The SMILES string of the molecule is Fc1cccc(Cl)c1-c1noc2ccccc12. The third-order valence-electron chi connectivity index (χ3n) is 2.58. The van der Waals surface area contributed by atoms with Crippen LogP contribution in [0.2, 0.25) is 5.02 Å². The molecule has 84 valence electrons. The molecular formula is C13H7ClFNO. The molecule has 0 atom stereocenters. The third kappa shape index (κ3) is 1.59. The summed E-state index contributed by atoms with van der Waals surface area (Å²) in [6.45, 7) is 0. The zero-order valence-corrected chi connectivity index (χ0v) is 9.41. The summed E-state index contributed by atoms with van der Waals surface area (Å²) in [5.74, 6) is -0.406. The first-order chi connectivity index (χ1) is 8.27. The Balaban J connectivity index is 2.35. The summed E-state index contributed by atoms with van der Waals surface area (Å²) < 4.78 is 18.9. The van der Waals surface area contributed by atoms with Gasteiger partial charge in [0.05, 0.1) is 10.6 Å². The quantitative estimate of drug-likeness (QED) is 0.641. The number of hydrogen-bond donors (Lipinski definition) is 0. The van der Waals surface area contributed by atoms with Gasteiger partial charge in [-0.25, -0.2) is 4.39 Å². The second-order valence-corrected chi connectivity index (χ2v) is 4.03. The molecule has 2 nitrogen and oxygen atoms in total. The molecule has 0 bridgehead atoms. The summed E-state index contributed by atoms with van der Waals surface area (Å²) in [6.07, 6.45) is 0. The Bertz CT molecular complexity index is 672. The van der Waals surface area contributed by atoms with Crippen LogP contribution in [0, 0.1) is 5.82 Å². The van der Waals surface area contributed by atoms with E-state index in [2.05, 4.69) is 5.16 Å². The minimum Gasteiger partial charge on any atom is -0.356 e. The average Bonchev–Trinajstić information content (AvgIpc) is 2.73. The van der Waals surface area contributed by atoms with Gasteiger partial charge in [0.25, 0.3) is 0 Å². The lowest BCUT2D eigenvalue weighted by atomic mass is 10.1. The monoisotopic (exact) mass is 247 g/mol. The minimum absolute atomic E-state index is 0.277. The van der Waals surface area contributed by atoms with Crippen molar-refractivity contribution in [2.24, 2.45) is 0 Å². The summed E-state index contributed by atoms with van der Waals surface area (Å²) in [7, 11) is 0. The number of halogens is 2. The average molecular weight is 248 g/mol. The van der Waals surface area contributed by atoms with Gasteiger partial charge in [0, 0.05) is 5.39 Å². The summed E-state index contributed by atoms with van der Waals surface area (Å²) in [4.78, 5) is 0. The first kappa shape index (κ1) is 10.3. The molecule has 17 heavy (non-hydrogen) atoms. The van der Waals surface area contributed by atoms with Crippen LogP contribution in [0.5, 0.6) is 0 Å². The molecule has 0 unspecified atom stereocenters. The van der Waals surface area contributed by atoms with Crippen molar-refractivity contribution in [1.29, 1.82) is 0 Å². The van der Waals surface area contributed by atoms with E-state index in [9.17, 15) is 4.39 Å². The van der Waals surface area contributed by atoms with E-state index in [0.29, 0.717) is 16.3 Å². The molecule has 2 aromatic carbocycles. The Labute approximate surface area is 102 Å². The van der Waals surface area contributed by atoms with E-state index in [1.807, 2.05) is 18.2 Å². The molecular weight excluding hydrogens is 241 g/mol. The van der Waals surface area contributed by atoms with E-state index in [0.717, 1.165) is 5.39 Å². The largest absolute Gasteiger partial charge is 0.356 e. The molecule has 4 heteroatoms. The van der Waals surface area contributed by atoms with Crippen molar-refractivity contribution < 1.29 is 8.91 Å². The van der Waals surface area contributed by atoms with Gasteiger partial charge >= 0.3 is 0 Å². The minimum atomic E-state index is -0.406. The van der Waals surface area contributed by atoms with E-state index in [1.54, 1.807) is 18.2 Å². The van der Waals surface area contributed by atoms with Gasteiger partial charge in [0.1, 0.15) is 11.5 Å². The predicted molar refractivity (Wildman–Crippen MR) is 64.4 cm³/mol. The lowest BCUT2D eigenvalue weighted by Gasteiger charge is -2.01. The second kappa shape index (κ2) is 3.86. The van der Waals surface area contributed by atoms with Gasteiger partial charge in [-0.2, -0.15) is 0 Å². The third-order valence-corrected chi connectivity index (χ3v) is 2.89. The molecule has 0 saturated heterocycles. The standard InChI is InChI=1S/C13H7ClFNO/c14-9-5-3-6-10(15)12(9)13-8-4-1-2-7-11(8)17-16-13/h1-7H. The summed E-state index contributed by atoms with van der Waals surface area (Å²) >= 11 is 6.00. The van der Waals surface area contributed by atoms with Crippen molar-refractivity contribution in [3.05, 3.63) is 53.3 Å². The Morgan fingerprint density at radius 1 is 1.06 bits per heavy atom. The van der Waals surface area contributed by atoms with E-state index in [1.165, 1.54) is 6.07 Å². The Morgan fingerprint density at radius 3 is 2.71 bits per heavy atom. The van der Waals surface area contributed by atoms with Crippen LogP contribution in [0.1, 0.15) is 0 Å². The number of fused-ring (bicyclic) bond motifs is 1. The molecule has 0 amide bonds. The number of rotatable bonds is 1. The number of hydrogen-bond acceptors (Lipinski definition) is 2. The maximum atomic E-state index is 13.8. The van der Waals surface area contributed by atoms with E-state index < -0.39 is 5.82 Å². The molecule has 1 heterocycles. The highest BCUT2D eigenvalue weighted by molar-refractivity contribution is 6.33. The van der Waals surface area contributed by atoms with Crippen LogP contribution in [0.15, 0.2) is 47.0 Å². The molecule has 0 N–H and O–H groups in total. The zero-order valence-electron chi connectivity index (χ0n) is 8.65. The van der Waals surface area contributed by atoms with Gasteiger partial charge in [-0.15, -0.1) is 0 Å². The smallest absolute Gasteiger partial charge is 0.167 e. The van der Waals surface area contributed by atoms with Crippen molar-refractivity contribution in [2.75, 3.05) is 0 Å². The van der Waals surface area contributed by atoms with Crippen LogP contribution in [0.4, 0.5) is 4.39 Å². The summed E-state index contributed by atoms with van der Waals surface area (Å²) in [6, 6.07) is 11.8. The first-order valence-corrected chi connectivity index (χ1v) is 5.44. The number of para-hydroxylation sites is 1. The Kier molecular flexibility index (Phi) is 2.34. The lowest BCUT2D eigenvalue weighted by molar-refractivity contribution is 0.458. The summed E-state index contributed by atoms with van der Waals surface area (Å²) in [5.41, 5.74) is 1.32. The molecule has 0 aliphatic rings. The van der Waals surface area contributed by atoms with Gasteiger partial charge in [-0.3, -0.25) is 0 Å². The van der Waals surface area contributed by atoms with Gasteiger partial charge in [-0.1, -0.05) is 35.0 Å². The topological polar surface area (TPSA) is 26.0 Å². The van der Waals surface area contributed by atoms with Crippen LogP contribution in [0.3, 0.4) is 0 Å². The number of nitrogens with zero attached hydrogens (tertiary/aromatic N) is 1. The highest BCUT2D eigenvalue weighted by Gasteiger charge is 2.16. The predicted octanol–water partition coefficient (Wildman–Crippen LogP) is 4.29. The van der Waals surface area contributed by atoms with Gasteiger partial charge in [0.15, 0.2) is 5.58 Å². The van der Waals surface area contributed by atoms with Crippen LogP contribution in [-0.2, 0) is 0 Å². The van der Waals surface area contributed by atoms with E-state index >= 15 is 0 Å². The van der Waals surface area contributed by atoms with Crippen molar-refractivity contribution in [2.45, 2.75) is 0 Å². The molecule has 0 spiro atoms. The first-order valence-electron chi connectivity index (χ1n) is 5.06.